The molecule has 0 bridgehead atoms. The van der Waals surface area contributed by atoms with Gasteiger partial charge >= 0.3 is 0 Å². The van der Waals surface area contributed by atoms with E-state index in [0.717, 1.165) is 24.4 Å². The molecule has 0 amide bonds. The Labute approximate surface area is 122 Å². The standard InChI is InChI=1S/C17H26N2O/c1-2-13-4-3-5-16(10-13)20-17-9-6-14(12-19-17)11-18-15-7-8-15/h6,9,12-13,15-16,18H,2-5,7-8,10-11H2,1H3. The summed E-state index contributed by atoms with van der Waals surface area (Å²) in [7, 11) is 0. The molecule has 2 aliphatic carbocycles. The molecule has 1 heterocycles. The minimum Gasteiger partial charge on any atom is -0.474 e. The third kappa shape index (κ3) is 3.95. The quantitative estimate of drug-likeness (QED) is 0.859. The van der Waals surface area contributed by atoms with Gasteiger partial charge in [-0.15, -0.1) is 0 Å². The number of hydrogen-bond acceptors (Lipinski definition) is 3. The Hall–Kier alpha value is -1.09. The van der Waals surface area contributed by atoms with E-state index in [0.29, 0.717) is 6.10 Å². The molecule has 3 rings (SSSR count). The van der Waals surface area contributed by atoms with Crippen molar-refractivity contribution in [3.8, 4) is 5.88 Å². The van der Waals surface area contributed by atoms with Gasteiger partial charge < -0.3 is 10.1 Å². The number of nitrogens with zero attached hydrogens (tertiary/aromatic N) is 1. The average Bonchev–Trinajstić information content (AvgIpc) is 3.31. The van der Waals surface area contributed by atoms with Crippen LogP contribution in [0.15, 0.2) is 18.3 Å². The fourth-order valence-electron chi connectivity index (χ4n) is 3.03. The highest BCUT2D eigenvalue weighted by Gasteiger charge is 2.22. The predicted octanol–water partition coefficient (Wildman–Crippen LogP) is 3.68. The van der Waals surface area contributed by atoms with E-state index in [1.807, 2.05) is 12.3 Å². The van der Waals surface area contributed by atoms with Gasteiger partial charge in [0.15, 0.2) is 0 Å². The molecule has 1 aromatic rings. The number of rotatable bonds is 6. The summed E-state index contributed by atoms with van der Waals surface area (Å²) in [5, 5.41) is 3.51. The monoisotopic (exact) mass is 274 g/mol. The van der Waals surface area contributed by atoms with Crippen molar-refractivity contribution in [2.75, 3.05) is 0 Å². The number of hydrogen-bond donors (Lipinski definition) is 1. The van der Waals surface area contributed by atoms with Crippen molar-refractivity contribution in [1.82, 2.24) is 10.3 Å². The lowest BCUT2D eigenvalue weighted by Gasteiger charge is -2.28. The largest absolute Gasteiger partial charge is 0.474 e. The summed E-state index contributed by atoms with van der Waals surface area (Å²) in [5.41, 5.74) is 1.25. The molecular formula is C17H26N2O. The van der Waals surface area contributed by atoms with Gasteiger partial charge in [-0.25, -0.2) is 4.98 Å². The lowest BCUT2D eigenvalue weighted by atomic mass is 9.85. The maximum Gasteiger partial charge on any atom is 0.213 e. The highest BCUT2D eigenvalue weighted by molar-refractivity contribution is 5.18. The molecule has 110 valence electrons. The van der Waals surface area contributed by atoms with Crippen molar-refractivity contribution in [3.63, 3.8) is 0 Å². The van der Waals surface area contributed by atoms with Gasteiger partial charge in [0, 0.05) is 24.8 Å². The minimum absolute atomic E-state index is 0.372. The zero-order valence-electron chi connectivity index (χ0n) is 12.5. The van der Waals surface area contributed by atoms with Crippen molar-refractivity contribution in [3.05, 3.63) is 23.9 Å². The first-order valence-corrected chi connectivity index (χ1v) is 8.18. The SMILES string of the molecule is CCC1CCCC(Oc2ccc(CNC3CC3)cn2)C1. The first-order valence-electron chi connectivity index (χ1n) is 8.18. The van der Waals surface area contributed by atoms with Crippen LogP contribution in [-0.2, 0) is 6.54 Å². The second-order valence-electron chi connectivity index (χ2n) is 6.34. The molecule has 3 heteroatoms. The minimum atomic E-state index is 0.372. The van der Waals surface area contributed by atoms with Crippen LogP contribution in [0.25, 0.3) is 0 Å². The van der Waals surface area contributed by atoms with Crippen LogP contribution in [0.4, 0.5) is 0 Å². The molecule has 1 aromatic heterocycles. The third-order valence-corrected chi connectivity index (χ3v) is 4.57. The Kier molecular flexibility index (Phi) is 4.56. The fraction of sp³-hybridized carbons (Fsp3) is 0.706. The van der Waals surface area contributed by atoms with Crippen molar-refractivity contribution in [1.29, 1.82) is 0 Å². The smallest absolute Gasteiger partial charge is 0.213 e. The maximum atomic E-state index is 6.05. The van der Waals surface area contributed by atoms with Crippen LogP contribution < -0.4 is 10.1 Å². The summed E-state index contributed by atoms with van der Waals surface area (Å²) in [6.07, 6.45) is 11.3. The van der Waals surface area contributed by atoms with E-state index in [1.54, 1.807) is 0 Å². The van der Waals surface area contributed by atoms with Gasteiger partial charge in [0.2, 0.25) is 5.88 Å². The molecular weight excluding hydrogens is 248 g/mol. The van der Waals surface area contributed by atoms with E-state index in [9.17, 15) is 0 Å². The van der Waals surface area contributed by atoms with E-state index in [1.165, 1.54) is 50.5 Å². The topological polar surface area (TPSA) is 34.1 Å². The van der Waals surface area contributed by atoms with Crippen LogP contribution in [0.3, 0.4) is 0 Å². The zero-order chi connectivity index (χ0) is 13.8. The molecule has 2 aliphatic rings. The summed E-state index contributed by atoms with van der Waals surface area (Å²) in [5.74, 6) is 1.64. The Morgan fingerprint density at radius 2 is 2.15 bits per heavy atom. The molecule has 2 atom stereocenters. The Bertz CT molecular complexity index is 414. The van der Waals surface area contributed by atoms with Crippen LogP contribution >= 0.6 is 0 Å². The van der Waals surface area contributed by atoms with Gasteiger partial charge in [0.05, 0.1) is 0 Å². The third-order valence-electron chi connectivity index (χ3n) is 4.57. The second-order valence-corrected chi connectivity index (χ2v) is 6.34. The molecule has 0 saturated heterocycles. The Morgan fingerprint density at radius 3 is 2.85 bits per heavy atom. The van der Waals surface area contributed by atoms with Crippen molar-refractivity contribution in [2.45, 2.75) is 70.6 Å². The van der Waals surface area contributed by atoms with Crippen molar-refractivity contribution < 1.29 is 4.74 Å². The van der Waals surface area contributed by atoms with E-state index in [-0.39, 0.29) is 0 Å². The molecule has 2 saturated carbocycles. The van der Waals surface area contributed by atoms with Gasteiger partial charge in [-0.3, -0.25) is 0 Å². The second kappa shape index (κ2) is 6.57. The molecule has 2 fully saturated rings. The lowest BCUT2D eigenvalue weighted by Crippen LogP contribution is -2.25. The molecule has 0 spiro atoms. The predicted molar refractivity (Wildman–Crippen MR) is 80.8 cm³/mol. The highest BCUT2D eigenvalue weighted by atomic mass is 16.5. The zero-order valence-corrected chi connectivity index (χ0v) is 12.5. The molecule has 20 heavy (non-hydrogen) atoms. The summed E-state index contributed by atoms with van der Waals surface area (Å²) < 4.78 is 6.05. The summed E-state index contributed by atoms with van der Waals surface area (Å²) in [6, 6.07) is 4.91. The maximum absolute atomic E-state index is 6.05. The fourth-order valence-corrected chi connectivity index (χ4v) is 3.03. The summed E-state index contributed by atoms with van der Waals surface area (Å²) in [4.78, 5) is 4.46. The van der Waals surface area contributed by atoms with Gasteiger partial charge in [0.1, 0.15) is 6.10 Å². The molecule has 0 aliphatic heterocycles. The van der Waals surface area contributed by atoms with Crippen LogP contribution in [0.2, 0.25) is 0 Å². The van der Waals surface area contributed by atoms with E-state index >= 15 is 0 Å². The lowest BCUT2D eigenvalue weighted by molar-refractivity contribution is 0.117. The first-order chi connectivity index (χ1) is 9.83. The number of aromatic nitrogens is 1. The highest BCUT2D eigenvalue weighted by Crippen LogP contribution is 2.29. The van der Waals surface area contributed by atoms with Crippen LogP contribution in [0.5, 0.6) is 5.88 Å². The Morgan fingerprint density at radius 1 is 1.25 bits per heavy atom. The molecule has 2 unspecified atom stereocenters. The summed E-state index contributed by atoms with van der Waals surface area (Å²) >= 11 is 0. The number of nitrogens with one attached hydrogen (secondary N) is 1. The number of ether oxygens (including phenoxy) is 1. The van der Waals surface area contributed by atoms with Crippen LogP contribution in [-0.4, -0.2) is 17.1 Å². The average molecular weight is 274 g/mol. The van der Waals surface area contributed by atoms with Crippen LogP contribution in [0.1, 0.15) is 57.4 Å². The van der Waals surface area contributed by atoms with Gasteiger partial charge in [-0.2, -0.15) is 0 Å². The molecule has 1 N–H and O–H groups in total. The van der Waals surface area contributed by atoms with Gasteiger partial charge in [0.25, 0.3) is 0 Å². The first kappa shape index (κ1) is 13.9. The number of pyridine rings is 1. The van der Waals surface area contributed by atoms with Gasteiger partial charge in [-0.1, -0.05) is 25.8 Å². The normalized spacial score (nSPS) is 26.4. The molecule has 0 radical (unpaired) electrons. The summed E-state index contributed by atoms with van der Waals surface area (Å²) in [6.45, 7) is 3.21. The van der Waals surface area contributed by atoms with E-state index in [4.69, 9.17) is 4.74 Å². The van der Waals surface area contributed by atoms with Crippen molar-refractivity contribution >= 4 is 0 Å². The molecule has 0 aromatic carbocycles. The van der Waals surface area contributed by atoms with Crippen molar-refractivity contribution in [2.24, 2.45) is 5.92 Å². The Balaban J connectivity index is 1.49. The van der Waals surface area contributed by atoms with Crippen LogP contribution in [0, 0.1) is 5.92 Å². The van der Waals surface area contributed by atoms with E-state index in [2.05, 4.69) is 23.3 Å². The van der Waals surface area contributed by atoms with Gasteiger partial charge in [-0.05, 0) is 43.6 Å². The van der Waals surface area contributed by atoms with E-state index < -0.39 is 0 Å². The molecule has 3 nitrogen and oxygen atoms in total.